The molecule has 1 aromatic carbocycles. The minimum atomic E-state index is -0.738. The highest BCUT2D eigenvalue weighted by molar-refractivity contribution is 6.30. The van der Waals surface area contributed by atoms with Gasteiger partial charge in [-0.3, -0.25) is 4.79 Å². The summed E-state index contributed by atoms with van der Waals surface area (Å²) in [5.74, 6) is -0.390. The van der Waals surface area contributed by atoms with Gasteiger partial charge in [-0.1, -0.05) is 11.6 Å². The molecule has 0 fully saturated rings. The van der Waals surface area contributed by atoms with E-state index in [-0.39, 0.29) is 5.92 Å². The number of nitrogens with zero attached hydrogens (tertiary/aromatic N) is 2. The predicted molar refractivity (Wildman–Crippen MR) is 75.6 cm³/mol. The van der Waals surface area contributed by atoms with Crippen molar-refractivity contribution in [2.45, 2.75) is 19.3 Å². The molecule has 1 N–H and O–H groups in total. The van der Waals surface area contributed by atoms with E-state index in [4.69, 9.17) is 16.7 Å². The van der Waals surface area contributed by atoms with Crippen LogP contribution in [0.25, 0.3) is 11.4 Å². The Morgan fingerprint density at radius 3 is 2.75 bits per heavy atom. The lowest BCUT2D eigenvalue weighted by molar-refractivity contribution is -0.142. The molecule has 5 heteroatoms. The van der Waals surface area contributed by atoms with E-state index in [0.29, 0.717) is 30.1 Å². The van der Waals surface area contributed by atoms with Crippen molar-refractivity contribution in [3.8, 4) is 11.4 Å². The monoisotopic (exact) mass is 288 g/mol. The van der Waals surface area contributed by atoms with Crippen LogP contribution in [0.1, 0.15) is 17.7 Å². The van der Waals surface area contributed by atoms with Crippen LogP contribution in [0.2, 0.25) is 5.02 Å². The lowest BCUT2D eigenvalue weighted by Crippen LogP contribution is -2.23. The third-order valence-electron chi connectivity index (χ3n) is 3.60. The average Bonchev–Trinajstić information content (AvgIpc) is 2.47. The van der Waals surface area contributed by atoms with Gasteiger partial charge in [0.25, 0.3) is 0 Å². The maximum Gasteiger partial charge on any atom is 0.306 e. The molecule has 0 spiro atoms. The molecular formula is C15H13ClN2O2. The first kappa shape index (κ1) is 13.1. The minimum absolute atomic E-state index is 0.313. The zero-order valence-corrected chi connectivity index (χ0v) is 11.5. The largest absolute Gasteiger partial charge is 0.481 e. The van der Waals surface area contributed by atoms with Crippen LogP contribution in [0, 0.1) is 5.92 Å². The number of fused-ring (bicyclic) bond motifs is 1. The van der Waals surface area contributed by atoms with Gasteiger partial charge in [0.15, 0.2) is 5.82 Å². The van der Waals surface area contributed by atoms with Gasteiger partial charge >= 0.3 is 5.97 Å². The lowest BCUT2D eigenvalue weighted by Gasteiger charge is -2.20. The molecule has 0 saturated carbocycles. The zero-order valence-electron chi connectivity index (χ0n) is 10.7. The molecule has 20 heavy (non-hydrogen) atoms. The van der Waals surface area contributed by atoms with Gasteiger partial charge in [-0.25, -0.2) is 9.97 Å². The summed E-state index contributed by atoms with van der Waals surface area (Å²) in [6, 6.07) is 7.38. The number of carboxylic acids is 1. The molecule has 1 atom stereocenters. The van der Waals surface area contributed by atoms with Gasteiger partial charge in [0.1, 0.15) is 0 Å². The van der Waals surface area contributed by atoms with Gasteiger partial charge in [-0.2, -0.15) is 0 Å². The van der Waals surface area contributed by atoms with E-state index in [2.05, 4.69) is 9.97 Å². The zero-order chi connectivity index (χ0) is 14.1. The van der Waals surface area contributed by atoms with E-state index in [1.54, 1.807) is 18.3 Å². The van der Waals surface area contributed by atoms with Crippen molar-refractivity contribution in [1.82, 2.24) is 9.97 Å². The highest BCUT2D eigenvalue weighted by Gasteiger charge is 2.25. The summed E-state index contributed by atoms with van der Waals surface area (Å²) < 4.78 is 0. The second kappa shape index (κ2) is 5.21. The number of benzene rings is 1. The molecule has 3 rings (SSSR count). The lowest BCUT2D eigenvalue weighted by atomic mass is 9.87. The standard InChI is InChI=1S/C15H13ClN2O2/c16-12-4-1-9(2-5-12)14-17-8-11-7-10(15(19)20)3-6-13(11)18-14/h1-2,4-5,8,10H,3,6-7H2,(H,19,20). The van der Waals surface area contributed by atoms with E-state index in [1.807, 2.05) is 12.1 Å². The van der Waals surface area contributed by atoms with Crippen molar-refractivity contribution < 1.29 is 9.90 Å². The van der Waals surface area contributed by atoms with E-state index in [1.165, 1.54) is 0 Å². The fraction of sp³-hybridized carbons (Fsp3) is 0.267. The molecule has 0 saturated heterocycles. The smallest absolute Gasteiger partial charge is 0.306 e. The average molecular weight is 289 g/mol. The van der Waals surface area contributed by atoms with Gasteiger partial charge in [-0.15, -0.1) is 0 Å². The first-order chi connectivity index (χ1) is 9.63. The summed E-state index contributed by atoms with van der Waals surface area (Å²) in [6.45, 7) is 0. The molecule has 1 heterocycles. The van der Waals surface area contributed by atoms with Gasteiger partial charge in [0.2, 0.25) is 0 Å². The maximum absolute atomic E-state index is 11.0. The van der Waals surface area contributed by atoms with Crippen LogP contribution in [0.4, 0.5) is 0 Å². The summed E-state index contributed by atoms with van der Waals surface area (Å²) in [5, 5.41) is 9.75. The van der Waals surface area contributed by atoms with E-state index >= 15 is 0 Å². The Bertz CT molecular complexity index is 655. The summed E-state index contributed by atoms with van der Waals surface area (Å²) in [6.07, 6.45) is 3.60. The molecule has 2 aromatic rings. The van der Waals surface area contributed by atoms with Gasteiger partial charge in [0, 0.05) is 22.5 Å². The van der Waals surface area contributed by atoms with Crippen LogP contribution in [0.15, 0.2) is 30.5 Å². The second-order valence-corrected chi connectivity index (χ2v) is 5.39. The Morgan fingerprint density at radius 1 is 1.30 bits per heavy atom. The van der Waals surface area contributed by atoms with E-state index < -0.39 is 5.97 Å². The minimum Gasteiger partial charge on any atom is -0.481 e. The van der Waals surface area contributed by atoms with E-state index in [9.17, 15) is 4.79 Å². The number of rotatable bonds is 2. The third kappa shape index (κ3) is 2.51. The number of aryl methyl sites for hydroxylation is 1. The van der Waals surface area contributed by atoms with Crippen LogP contribution in [-0.2, 0) is 17.6 Å². The van der Waals surface area contributed by atoms with Crippen LogP contribution >= 0.6 is 11.6 Å². The number of halogens is 1. The van der Waals surface area contributed by atoms with E-state index in [0.717, 1.165) is 16.8 Å². The van der Waals surface area contributed by atoms with Crippen molar-refractivity contribution in [2.75, 3.05) is 0 Å². The number of carboxylic acid groups (broad SMARTS) is 1. The molecule has 1 aliphatic carbocycles. The van der Waals surface area contributed by atoms with Crippen LogP contribution in [0.3, 0.4) is 0 Å². The number of hydrogen-bond donors (Lipinski definition) is 1. The summed E-state index contributed by atoms with van der Waals surface area (Å²) >= 11 is 5.86. The second-order valence-electron chi connectivity index (χ2n) is 4.95. The Hall–Kier alpha value is -1.94. The number of aliphatic carboxylic acids is 1. The molecule has 4 nitrogen and oxygen atoms in total. The SMILES string of the molecule is O=C(O)C1CCc2nc(-c3ccc(Cl)cc3)ncc2C1. The Morgan fingerprint density at radius 2 is 2.05 bits per heavy atom. The van der Waals surface area contributed by atoms with Gasteiger partial charge < -0.3 is 5.11 Å². The number of carbonyl (C=O) groups is 1. The molecule has 0 aliphatic heterocycles. The van der Waals surface area contributed by atoms with Crippen molar-refractivity contribution in [3.05, 3.63) is 46.7 Å². The third-order valence-corrected chi connectivity index (χ3v) is 3.85. The van der Waals surface area contributed by atoms with Crippen LogP contribution in [-0.4, -0.2) is 21.0 Å². The quantitative estimate of drug-likeness (QED) is 0.923. The van der Waals surface area contributed by atoms with Crippen molar-refractivity contribution in [1.29, 1.82) is 0 Å². The molecular weight excluding hydrogens is 276 g/mol. The Labute approximate surface area is 121 Å². The number of hydrogen-bond acceptors (Lipinski definition) is 3. The molecule has 102 valence electrons. The van der Waals surface area contributed by atoms with Gasteiger partial charge in [0.05, 0.1) is 5.92 Å². The van der Waals surface area contributed by atoms with Crippen molar-refractivity contribution in [2.24, 2.45) is 5.92 Å². The molecule has 0 bridgehead atoms. The maximum atomic E-state index is 11.0. The first-order valence-corrected chi connectivity index (χ1v) is 6.85. The normalized spacial score (nSPS) is 17.6. The number of aromatic nitrogens is 2. The molecule has 1 unspecified atom stereocenters. The van der Waals surface area contributed by atoms with Crippen molar-refractivity contribution in [3.63, 3.8) is 0 Å². The first-order valence-electron chi connectivity index (χ1n) is 6.47. The van der Waals surface area contributed by atoms with Gasteiger partial charge in [-0.05, 0) is 49.1 Å². The highest BCUT2D eigenvalue weighted by Crippen LogP contribution is 2.26. The van der Waals surface area contributed by atoms with Crippen LogP contribution in [0.5, 0.6) is 0 Å². The topological polar surface area (TPSA) is 63.1 Å². The summed E-state index contributed by atoms with van der Waals surface area (Å²) in [7, 11) is 0. The molecule has 1 aromatic heterocycles. The van der Waals surface area contributed by atoms with Crippen LogP contribution < -0.4 is 0 Å². The van der Waals surface area contributed by atoms with Crippen molar-refractivity contribution >= 4 is 17.6 Å². The predicted octanol–water partition coefficient (Wildman–Crippen LogP) is 2.99. The molecule has 0 radical (unpaired) electrons. The summed E-state index contributed by atoms with van der Waals surface area (Å²) in [4.78, 5) is 19.9. The summed E-state index contributed by atoms with van der Waals surface area (Å²) in [5.41, 5.74) is 2.82. The Kier molecular flexibility index (Phi) is 3.40. The fourth-order valence-electron chi connectivity index (χ4n) is 2.46. The Balaban J connectivity index is 1.91. The highest BCUT2D eigenvalue weighted by atomic mass is 35.5. The molecule has 0 amide bonds. The molecule has 1 aliphatic rings. The fourth-order valence-corrected chi connectivity index (χ4v) is 2.58.